The van der Waals surface area contributed by atoms with Crippen molar-refractivity contribution in [3.05, 3.63) is 139 Å². The Morgan fingerprint density at radius 3 is 2.17 bits per heavy atom. The van der Waals surface area contributed by atoms with Gasteiger partial charge < -0.3 is 8.98 Å². The number of hydrogen-bond donors (Lipinski definition) is 0. The van der Waals surface area contributed by atoms with Crippen LogP contribution in [0.2, 0.25) is 0 Å². The van der Waals surface area contributed by atoms with Gasteiger partial charge in [-0.15, -0.1) is 0 Å². The van der Waals surface area contributed by atoms with Crippen molar-refractivity contribution in [2.24, 2.45) is 0 Å². The van der Waals surface area contributed by atoms with Gasteiger partial charge in [0.05, 0.1) is 35.2 Å². The monoisotopic (exact) mass is 535 g/mol. The van der Waals surface area contributed by atoms with E-state index in [-0.39, 0.29) is 0 Å². The van der Waals surface area contributed by atoms with Crippen LogP contribution in [0.15, 0.2) is 132 Å². The first-order chi connectivity index (χ1) is 20.8. The summed E-state index contributed by atoms with van der Waals surface area (Å²) in [6.07, 6.45) is 1.93. The first-order valence-electron chi connectivity index (χ1n) is 13.9. The second kappa shape index (κ2) is 8.54. The highest BCUT2D eigenvalue weighted by Crippen LogP contribution is 2.43. The lowest BCUT2D eigenvalue weighted by molar-refractivity contribution is 0.670. The highest BCUT2D eigenvalue weighted by Gasteiger charge is 2.19. The van der Waals surface area contributed by atoms with E-state index < -0.39 is 0 Å². The molecule has 9 aromatic rings. The second-order valence-corrected chi connectivity index (χ2v) is 10.7. The molecule has 0 spiro atoms. The summed E-state index contributed by atoms with van der Waals surface area (Å²) >= 11 is 0. The second-order valence-electron chi connectivity index (χ2n) is 10.7. The zero-order chi connectivity index (χ0) is 27.8. The van der Waals surface area contributed by atoms with Gasteiger partial charge in [-0.3, -0.25) is 4.98 Å². The van der Waals surface area contributed by atoms with E-state index in [0.717, 1.165) is 66.1 Å². The number of fused-ring (bicyclic) bond motifs is 10. The number of benzene rings is 6. The molecule has 0 aliphatic rings. The van der Waals surface area contributed by atoms with Crippen LogP contribution in [-0.4, -0.2) is 9.55 Å². The molecule has 0 saturated carbocycles. The molecule has 0 atom stereocenters. The van der Waals surface area contributed by atoms with Crippen molar-refractivity contribution in [1.29, 1.82) is 0 Å². The van der Waals surface area contributed by atoms with E-state index in [1.54, 1.807) is 0 Å². The van der Waals surface area contributed by atoms with Crippen molar-refractivity contribution in [2.75, 3.05) is 0 Å². The fraction of sp³-hybridized carbons (Fsp3) is 0. The molecule has 0 N–H and O–H groups in total. The number of para-hydroxylation sites is 1. The molecule has 3 aromatic heterocycles. The number of nitrogens with zero attached hydrogens (tertiary/aromatic N) is 3. The number of hydrogen-bond acceptors (Lipinski definition) is 2. The molecule has 0 unspecified atom stereocenters. The van der Waals surface area contributed by atoms with Gasteiger partial charge in [0, 0.05) is 21.7 Å². The molecule has 0 aliphatic carbocycles. The standard InChI is InChI=1S/C38H21N3O/c1-39-25-15-18-34-30(21-25)29-12-6-7-13-33(29)41(34)26-16-17-32(40-22-26)31-20-24-9-3-5-11-28(24)37-36-27-10-4-2-8-23(27)14-19-35(36)42-38(31)37/h2-22H. The predicted molar refractivity (Wildman–Crippen MR) is 173 cm³/mol. The highest BCUT2D eigenvalue weighted by molar-refractivity contribution is 6.28. The molecule has 0 fully saturated rings. The van der Waals surface area contributed by atoms with Crippen LogP contribution in [0, 0.1) is 6.57 Å². The van der Waals surface area contributed by atoms with Gasteiger partial charge in [0.2, 0.25) is 0 Å². The van der Waals surface area contributed by atoms with Crippen molar-refractivity contribution in [3.63, 3.8) is 0 Å². The Morgan fingerprint density at radius 1 is 0.619 bits per heavy atom. The first kappa shape index (κ1) is 22.9. The number of furan rings is 1. The lowest BCUT2D eigenvalue weighted by Crippen LogP contribution is -1.95. The molecule has 0 aliphatic heterocycles. The van der Waals surface area contributed by atoms with E-state index in [4.69, 9.17) is 16.0 Å². The SMILES string of the molecule is [C-]#[N+]c1ccc2c(c1)c1ccccc1n2-c1ccc(-c2cc3ccccc3c3c2oc2ccc4ccccc4c23)nc1. The van der Waals surface area contributed by atoms with E-state index in [9.17, 15) is 0 Å². The third-order valence-electron chi connectivity index (χ3n) is 8.42. The lowest BCUT2D eigenvalue weighted by Gasteiger charge is -2.10. The molecule has 42 heavy (non-hydrogen) atoms. The third kappa shape index (κ3) is 3.13. The van der Waals surface area contributed by atoms with Crippen LogP contribution in [0.25, 0.3) is 87.1 Å². The largest absolute Gasteiger partial charge is 0.455 e. The Bertz CT molecular complexity index is 2580. The Labute approximate surface area is 240 Å². The topological polar surface area (TPSA) is 35.3 Å². The minimum atomic E-state index is 0.637. The summed E-state index contributed by atoms with van der Waals surface area (Å²) in [5.41, 5.74) is 7.29. The Morgan fingerprint density at radius 2 is 1.36 bits per heavy atom. The Balaban J connectivity index is 1.29. The zero-order valence-electron chi connectivity index (χ0n) is 22.4. The van der Waals surface area contributed by atoms with E-state index >= 15 is 0 Å². The summed E-state index contributed by atoms with van der Waals surface area (Å²) < 4.78 is 8.85. The summed E-state index contributed by atoms with van der Waals surface area (Å²) in [7, 11) is 0. The van der Waals surface area contributed by atoms with E-state index in [1.807, 2.05) is 36.5 Å². The lowest BCUT2D eigenvalue weighted by atomic mass is 9.96. The van der Waals surface area contributed by atoms with Crippen LogP contribution in [0.1, 0.15) is 0 Å². The molecular formula is C38H21N3O. The Hall–Kier alpha value is -5.92. The van der Waals surface area contributed by atoms with E-state index in [2.05, 4.69) is 100 Å². The summed E-state index contributed by atoms with van der Waals surface area (Å²) in [4.78, 5) is 8.67. The van der Waals surface area contributed by atoms with Crippen LogP contribution in [-0.2, 0) is 0 Å². The molecular weight excluding hydrogens is 514 g/mol. The van der Waals surface area contributed by atoms with Crippen molar-refractivity contribution < 1.29 is 4.42 Å². The maximum atomic E-state index is 7.49. The molecule has 0 radical (unpaired) electrons. The van der Waals surface area contributed by atoms with Gasteiger partial charge in [0.25, 0.3) is 0 Å². The first-order valence-corrected chi connectivity index (χ1v) is 13.9. The zero-order valence-corrected chi connectivity index (χ0v) is 22.4. The van der Waals surface area contributed by atoms with E-state index in [1.165, 1.54) is 16.2 Å². The van der Waals surface area contributed by atoms with Crippen molar-refractivity contribution in [1.82, 2.24) is 9.55 Å². The van der Waals surface area contributed by atoms with Crippen molar-refractivity contribution in [2.45, 2.75) is 0 Å². The van der Waals surface area contributed by atoms with Crippen LogP contribution >= 0.6 is 0 Å². The molecule has 194 valence electrons. The van der Waals surface area contributed by atoms with Crippen LogP contribution in [0.3, 0.4) is 0 Å². The minimum absolute atomic E-state index is 0.637. The quantitative estimate of drug-likeness (QED) is 0.206. The molecule has 0 bridgehead atoms. The molecule has 9 rings (SSSR count). The smallest absolute Gasteiger partial charge is 0.188 e. The van der Waals surface area contributed by atoms with Crippen LogP contribution in [0.5, 0.6) is 0 Å². The van der Waals surface area contributed by atoms with Crippen molar-refractivity contribution in [3.8, 4) is 16.9 Å². The molecule has 3 heterocycles. The number of aromatic nitrogens is 2. The fourth-order valence-corrected chi connectivity index (χ4v) is 6.56. The van der Waals surface area contributed by atoms with Gasteiger partial charge >= 0.3 is 0 Å². The van der Waals surface area contributed by atoms with Gasteiger partial charge in [-0.1, -0.05) is 78.9 Å². The molecule has 4 nitrogen and oxygen atoms in total. The van der Waals surface area contributed by atoms with E-state index in [0.29, 0.717) is 5.69 Å². The van der Waals surface area contributed by atoms with Gasteiger partial charge in [-0.25, -0.2) is 4.85 Å². The van der Waals surface area contributed by atoms with Gasteiger partial charge in [0.1, 0.15) is 11.2 Å². The van der Waals surface area contributed by atoms with Gasteiger partial charge in [-0.2, -0.15) is 0 Å². The maximum Gasteiger partial charge on any atom is 0.188 e. The predicted octanol–water partition coefficient (Wildman–Crippen LogP) is 10.6. The molecule has 0 saturated heterocycles. The minimum Gasteiger partial charge on any atom is -0.455 e. The van der Waals surface area contributed by atoms with Gasteiger partial charge in [-0.05, 0) is 69.4 Å². The van der Waals surface area contributed by atoms with Gasteiger partial charge in [0.15, 0.2) is 5.69 Å². The maximum absolute atomic E-state index is 7.49. The summed E-state index contributed by atoms with van der Waals surface area (Å²) in [5, 5.41) is 9.15. The Kier molecular flexibility index (Phi) is 4.65. The van der Waals surface area contributed by atoms with Crippen LogP contribution in [0.4, 0.5) is 5.69 Å². The summed E-state index contributed by atoms with van der Waals surface area (Å²) in [6.45, 7) is 7.49. The van der Waals surface area contributed by atoms with Crippen LogP contribution < -0.4 is 0 Å². The molecule has 6 aromatic carbocycles. The van der Waals surface area contributed by atoms with Crippen molar-refractivity contribution >= 4 is 71.0 Å². The summed E-state index contributed by atoms with van der Waals surface area (Å²) in [5.74, 6) is 0. The normalized spacial score (nSPS) is 11.8. The summed E-state index contributed by atoms with van der Waals surface area (Å²) in [6, 6.07) is 41.8. The average Bonchev–Trinajstić information content (AvgIpc) is 3.61. The molecule has 4 heteroatoms. The molecule has 0 amide bonds. The average molecular weight is 536 g/mol. The fourth-order valence-electron chi connectivity index (χ4n) is 6.56. The number of rotatable bonds is 2. The third-order valence-corrected chi connectivity index (χ3v) is 8.42. The highest BCUT2D eigenvalue weighted by atomic mass is 16.3. The number of pyridine rings is 1.